The number of nitrogens with one attached hydrogen (secondary N) is 1. The normalized spacial score (nSPS) is 25.5. The molecule has 2 N–H and O–H groups in total. The monoisotopic (exact) mass is 177 g/mol. The van der Waals surface area contributed by atoms with E-state index in [9.17, 15) is 5.11 Å². The molecular weight excluding hydrogens is 162 g/mol. The fourth-order valence-corrected chi connectivity index (χ4v) is 2.04. The molecule has 0 amide bonds. The van der Waals surface area contributed by atoms with Crippen molar-refractivity contribution in [3.63, 3.8) is 0 Å². The Labute approximate surface area is 78.6 Å². The summed E-state index contributed by atoms with van der Waals surface area (Å²) in [7, 11) is 0. The van der Waals surface area contributed by atoms with E-state index >= 15 is 0 Å². The molecule has 2 nitrogen and oxygen atoms in total. The molecule has 2 rings (SSSR count). The van der Waals surface area contributed by atoms with Gasteiger partial charge < -0.3 is 10.4 Å². The minimum absolute atomic E-state index is 0.204. The zero-order valence-corrected chi connectivity index (χ0v) is 8.26. The van der Waals surface area contributed by atoms with Crippen LogP contribution in [-0.2, 0) is 0 Å². The number of rotatable bonds is 0. The lowest BCUT2D eigenvalue weighted by Gasteiger charge is -2.09. The standard InChI is InChI=1S/C11H15NO/c1-6-4-5-7(2)10-9(6)8(3)11(13)12-10/h4-5,8,11-13H,1-3H3. The Hall–Kier alpha value is -1.02. The molecule has 2 heteroatoms. The van der Waals surface area contributed by atoms with Gasteiger partial charge in [-0.25, -0.2) is 0 Å². The van der Waals surface area contributed by atoms with Crippen LogP contribution >= 0.6 is 0 Å². The van der Waals surface area contributed by atoms with Crippen LogP contribution in [0.4, 0.5) is 5.69 Å². The van der Waals surface area contributed by atoms with Crippen LogP contribution < -0.4 is 5.32 Å². The van der Waals surface area contributed by atoms with E-state index in [2.05, 4.69) is 38.2 Å². The van der Waals surface area contributed by atoms with Crippen LogP contribution in [0, 0.1) is 13.8 Å². The summed E-state index contributed by atoms with van der Waals surface area (Å²) in [5.41, 5.74) is 4.87. The number of fused-ring (bicyclic) bond motifs is 1. The van der Waals surface area contributed by atoms with Crippen LogP contribution in [0.3, 0.4) is 0 Å². The van der Waals surface area contributed by atoms with Crippen molar-refractivity contribution in [2.24, 2.45) is 0 Å². The van der Waals surface area contributed by atoms with Gasteiger partial charge >= 0.3 is 0 Å². The number of hydrogen-bond donors (Lipinski definition) is 2. The van der Waals surface area contributed by atoms with Gasteiger partial charge in [0.1, 0.15) is 6.23 Å². The second-order valence-corrected chi connectivity index (χ2v) is 3.87. The largest absolute Gasteiger partial charge is 0.373 e. The molecule has 1 heterocycles. The highest BCUT2D eigenvalue weighted by Crippen LogP contribution is 2.38. The lowest BCUT2D eigenvalue weighted by atomic mass is 9.95. The second-order valence-electron chi connectivity index (χ2n) is 3.87. The topological polar surface area (TPSA) is 32.3 Å². The van der Waals surface area contributed by atoms with Crippen LogP contribution in [-0.4, -0.2) is 11.3 Å². The molecule has 1 aliphatic rings. The zero-order chi connectivity index (χ0) is 9.59. The predicted octanol–water partition coefficient (Wildman–Crippen LogP) is 2.15. The van der Waals surface area contributed by atoms with E-state index in [4.69, 9.17) is 0 Å². The van der Waals surface area contributed by atoms with Crippen molar-refractivity contribution in [3.05, 3.63) is 28.8 Å². The Morgan fingerprint density at radius 1 is 1.23 bits per heavy atom. The molecule has 0 radical (unpaired) electrons. The number of hydrogen-bond acceptors (Lipinski definition) is 2. The maximum absolute atomic E-state index is 9.66. The molecule has 1 aliphatic heterocycles. The molecule has 13 heavy (non-hydrogen) atoms. The summed E-state index contributed by atoms with van der Waals surface area (Å²) in [5, 5.41) is 12.8. The molecule has 0 bridgehead atoms. The van der Waals surface area contributed by atoms with Crippen molar-refractivity contribution >= 4 is 5.69 Å². The number of aliphatic hydroxyl groups is 1. The van der Waals surface area contributed by atoms with Gasteiger partial charge in [0.15, 0.2) is 0 Å². The molecule has 2 unspecified atom stereocenters. The lowest BCUT2D eigenvalue weighted by Crippen LogP contribution is -2.17. The third kappa shape index (κ3) is 1.13. The van der Waals surface area contributed by atoms with Crippen molar-refractivity contribution in [2.75, 3.05) is 5.32 Å². The maximum Gasteiger partial charge on any atom is 0.131 e. The third-order valence-electron chi connectivity index (χ3n) is 2.89. The number of aliphatic hydroxyl groups excluding tert-OH is 1. The molecule has 0 fully saturated rings. The Kier molecular flexibility index (Phi) is 1.81. The van der Waals surface area contributed by atoms with E-state index in [1.54, 1.807) is 0 Å². The average Bonchev–Trinajstić information content (AvgIpc) is 2.38. The van der Waals surface area contributed by atoms with Crippen LogP contribution in [0.5, 0.6) is 0 Å². The van der Waals surface area contributed by atoms with Gasteiger partial charge in [-0.05, 0) is 30.5 Å². The minimum Gasteiger partial charge on any atom is -0.373 e. The summed E-state index contributed by atoms with van der Waals surface area (Å²) >= 11 is 0. The van der Waals surface area contributed by atoms with Gasteiger partial charge in [-0.15, -0.1) is 0 Å². The molecule has 0 saturated heterocycles. The van der Waals surface area contributed by atoms with E-state index in [1.165, 1.54) is 16.7 Å². The van der Waals surface area contributed by atoms with Crippen molar-refractivity contribution in [1.29, 1.82) is 0 Å². The van der Waals surface area contributed by atoms with E-state index in [1.807, 2.05) is 0 Å². The highest BCUT2D eigenvalue weighted by Gasteiger charge is 2.28. The van der Waals surface area contributed by atoms with Gasteiger partial charge in [-0.3, -0.25) is 0 Å². The van der Waals surface area contributed by atoms with Crippen molar-refractivity contribution in [2.45, 2.75) is 32.9 Å². The number of benzene rings is 1. The lowest BCUT2D eigenvalue weighted by molar-refractivity contribution is 0.187. The summed E-state index contributed by atoms with van der Waals surface area (Å²) in [6.07, 6.45) is -0.421. The second kappa shape index (κ2) is 2.74. The summed E-state index contributed by atoms with van der Waals surface area (Å²) in [5.74, 6) is 0.204. The van der Waals surface area contributed by atoms with E-state index in [-0.39, 0.29) is 5.92 Å². The Morgan fingerprint density at radius 3 is 2.46 bits per heavy atom. The maximum atomic E-state index is 9.66. The molecular formula is C11H15NO. The number of aryl methyl sites for hydroxylation is 2. The minimum atomic E-state index is -0.421. The zero-order valence-electron chi connectivity index (χ0n) is 8.26. The molecule has 0 aromatic heterocycles. The third-order valence-corrected chi connectivity index (χ3v) is 2.89. The summed E-state index contributed by atoms with van der Waals surface area (Å²) in [6, 6.07) is 4.20. The van der Waals surface area contributed by atoms with Gasteiger partial charge in [-0.1, -0.05) is 19.1 Å². The van der Waals surface area contributed by atoms with Gasteiger partial charge in [0.05, 0.1) is 0 Å². The van der Waals surface area contributed by atoms with E-state index in [0.717, 1.165) is 5.69 Å². The molecule has 0 spiro atoms. The van der Waals surface area contributed by atoms with Gasteiger partial charge in [0.2, 0.25) is 0 Å². The Morgan fingerprint density at radius 2 is 1.85 bits per heavy atom. The Balaban J connectivity index is 2.61. The van der Waals surface area contributed by atoms with Crippen molar-refractivity contribution in [1.82, 2.24) is 0 Å². The van der Waals surface area contributed by atoms with E-state index < -0.39 is 6.23 Å². The molecule has 0 aliphatic carbocycles. The smallest absolute Gasteiger partial charge is 0.131 e. The highest BCUT2D eigenvalue weighted by molar-refractivity contribution is 5.65. The number of anilines is 1. The first-order chi connectivity index (χ1) is 6.11. The average molecular weight is 177 g/mol. The quantitative estimate of drug-likeness (QED) is 0.636. The summed E-state index contributed by atoms with van der Waals surface area (Å²) in [4.78, 5) is 0. The van der Waals surface area contributed by atoms with Gasteiger partial charge in [0, 0.05) is 11.6 Å². The first-order valence-electron chi connectivity index (χ1n) is 4.66. The summed E-state index contributed by atoms with van der Waals surface area (Å²) in [6.45, 7) is 6.21. The first-order valence-corrected chi connectivity index (χ1v) is 4.66. The van der Waals surface area contributed by atoms with Crippen LogP contribution in [0.15, 0.2) is 12.1 Å². The molecule has 1 aromatic rings. The van der Waals surface area contributed by atoms with Crippen molar-refractivity contribution in [3.8, 4) is 0 Å². The van der Waals surface area contributed by atoms with Crippen molar-refractivity contribution < 1.29 is 5.11 Å². The van der Waals surface area contributed by atoms with Crippen LogP contribution in [0.25, 0.3) is 0 Å². The van der Waals surface area contributed by atoms with E-state index in [0.29, 0.717) is 0 Å². The summed E-state index contributed by atoms with van der Waals surface area (Å²) < 4.78 is 0. The fraction of sp³-hybridized carbons (Fsp3) is 0.455. The first kappa shape index (κ1) is 8.57. The molecule has 2 atom stereocenters. The highest BCUT2D eigenvalue weighted by atomic mass is 16.3. The predicted molar refractivity (Wildman–Crippen MR) is 54.0 cm³/mol. The van der Waals surface area contributed by atoms with Crippen LogP contribution in [0.2, 0.25) is 0 Å². The van der Waals surface area contributed by atoms with Crippen LogP contribution in [0.1, 0.15) is 29.5 Å². The molecule has 1 aromatic carbocycles. The SMILES string of the molecule is Cc1ccc(C)c2c1NC(O)C2C. The fourth-order valence-electron chi connectivity index (χ4n) is 2.04. The van der Waals surface area contributed by atoms with Gasteiger partial charge in [-0.2, -0.15) is 0 Å². The Bertz CT molecular complexity index is 346. The molecule has 0 saturated carbocycles. The molecule has 70 valence electrons. The van der Waals surface area contributed by atoms with Gasteiger partial charge in [0.25, 0.3) is 0 Å².